The molecule has 0 aliphatic rings. The largest absolute Gasteiger partial charge is 0.207 e. The summed E-state index contributed by atoms with van der Waals surface area (Å²) >= 11 is 9.44. The summed E-state index contributed by atoms with van der Waals surface area (Å²) in [6.07, 6.45) is 0. The van der Waals surface area contributed by atoms with Crippen LogP contribution >= 0.6 is 27.5 Å². The molecule has 4 heteroatoms. The molecule has 0 aromatic heterocycles. The minimum atomic E-state index is -0.696. The van der Waals surface area contributed by atoms with Gasteiger partial charge in [-0.05, 0) is 35.9 Å². The van der Waals surface area contributed by atoms with E-state index in [0.717, 1.165) is 28.2 Å². The van der Waals surface area contributed by atoms with E-state index in [1.807, 2.05) is 12.1 Å². The number of benzene rings is 2. The molecule has 0 aliphatic carbocycles. The van der Waals surface area contributed by atoms with Crippen LogP contribution in [0.4, 0.5) is 8.78 Å². The predicted molar refractivity (Wildman–Crippen MR) is 68.2 cm³/mol. The first-order chi connectivity index (χ1) is 8.08. The monoisotopic (exact) mass is 316 g/mol. The molecule has 0 bridgehead atoms. The first kappa shape index (κ1) is 12.5. The van der Waals surface area contributed by atoms with Crippen molar-refractivity contribution in [1.82, 2.24) is 0 Å². The molecule has 0 aliphatic heterocycles. The highest BCUT2D eigenvalue weighted by Crippen LogP contribution is 2.31. The lowest BCUT2D eigenvalue weighted by Crippen LogP contribution is -1.97. The van der Waals surface area contributed by atoms with Gasteiger partial charge in [-0.25, -0.2) is 8.78 Å². The lowest BCUT2D eigenvalue weighted by Gasteiger charge is -2.11. The molecule has 0 heterocycles. The van der Waals surface area contributed by atoms with Crippen LogP contribution in [0.1, 0.15) is 16.5 Å². The van der Waals surface area contributed by atoms with Crippen LogP contribution in [0.25, 0.3) is 0 Å². The van der Waals surface area contributed by atoms with Gasteiger partial charge in [0.2, 0.25) is 0 Å². The highest BCUT2D eigenvalue weighted by molar-refractivity contribution is 9.10. The van der Waals surface area contributed by atoms with Gasteiger partial charge in [0.15, 0.2) is 0 Å². The Morgan fingerprint density at radius 2 is 1.65 bits per heavy atom. The van der Waals surface area contributed by atoms with E-state index in [1.54, 1.807) is 12.1 Å². The summed E-state index contributed by atoms with van der Waals surface area (Å²) in [4.78, 5) is 0. The van der Waals surface area contributed by atoms with Gasteiger partial charge in [-0.3, -0.25) is 0 Å². The van der Waals surface area contributed by atoms with E-state index in [4.69, 9.17) is 11.6 Å². The summed E-state index contributed by atoms with van der Waals surface area (Å²) in [7, 11) is 0. The van der Waals surface area contributed by atoms with Crippen molar-refractivity contribution in [2.75, 3.05) is 0 Å². The third kappa shape index (κ3) is 2.85. The fraction of sp³-hybridized carbons (Fsp3) is 0.0769. The van der Waals surface area contributed by atoms with Gasteiger partial charge in [0.05, 0.1) is 5.38 Å². The summed E-state index contributed by atoms with van der Waals surface area (Å²) in [6.45, 7) is 0. The Labute approximate surface area is 111 Å². The molecule has 1 unspecified atom stereocenters. The second kappa shape index (κ2) is 5.15. The van der Waals surface area contributed by atoms with E-state index in [0.29, 0.717) is 0 Å². The highest BCUT2D eigenvalue weighted by atomic mass is 79.9. The van der Waals surface area contributed by atoms with Crippen LogP contribution in [0, 0.1) is 11.6 Å². The summed E-state index contributed by atoms with van der Waals surface area (Å²) < 4.78 is 27.5. The summed E-state index contributed by atoms with van der Waals surface area (Å²) in [6, 6.07) is 10.4. The summed E-state index contributed by atoms with van der Waals surface area (Å²) in [5, 5.41) is -0.696. The van der Waals surface area contributed by atoms with Crippen molar-refractivity contribution in [2.45, 2.75) is 5.38 Å². The van der Waals surface area contributed by atoms with Crippen LogP contribution in [0.3, 0.4) is 0 Å². The third-order valence-corrected chi connectivity index (χ3v) is 3.41. The van der Waals surface area contributed by atoms with Gasteiger partial charge in [0.1, 0.15) is 11.6 Å². The van der Waals surface area contributed by atoms with Crippen molar-refractivity contribution < 1.29 is 8.78 Å². The van der Waals surface area contributed by atoms with Gasteiger partial charge < -0.3 is 0 Å². The van der Waals surface area contributed by atoms with Crippen molar-refractivity contribution >= 4 is 27.5 Å². The van der Waals surface area contributed by atoms with Gasteiger partial charge >= 0.3 is 0 Å². The van der Waals surface area contributed by atoms with E-state index in [-0.39, 0.29) is 5.56 Å². The Balaban J connectivity index is 2.39. The fourth-order valence-electron chi connectivity index (χ4n) is 1.52. The maximum Gasteiger partial charge on any atom is 0.128 e. The van der Waals surface area contributed by atoms with E-state index in [1.165, 1.54) is 0 Å². The number of rotatable bonds is 2. The standard InChI is InChI=1S/C13H8BrClF2/c14-9-3-1-8(2-4-9)13(15)11-7-10(16)5-6-12(11)17/h1-7,13H. The van der Waals surface area contributed by atoms with Crippen molar-refractivity contribution in [1.29, 1.82) is 0 Å². The maximum absolute atomic E-state index is 13.5. The zero-order valence-corrected chi connectivity index (χ0v) is 11.0. The van der Waals surface area contributed by atoms with Gasteiger partial charge in [0, 0.05) is 10.0 Å². The predicted octanol–water partition coefficient (Wildman–Crippen LogP) is 5.06. The second-order valence-corrected chi connectivity index (χ2v) is 4.93. The quantitative estimate of drug-likeness (QED) is 0.680. The second-order valence-electron chi connectivity index (χ2n) is 3.58. The molecular formula is C13H8BrClF2. The van der Waals surface area contributed by atoms with Crippen LogP contribution in [0.5, 0.6) is 0 Å². The molecule has 0 radical (unpaired) electrons. The van der Waals surface area contributed by atoms with E-state index in [9.17, 15) is 8.78 Å². The average molecular weight is 318 g/mol. The Hall–Kier alpha value is -0.930. The molecule has 0 fully saturated rings. The molecular weight excluding hydrogens is 309 g/mol. The molecule has 2 rings (SSSR count). The molecule has 17 heavy (non-hydrogen) atoms. The first-order valence-corrected chi connectivity index (χ1v) is 6.15. The molecule has 0 saturated carbocycles. The number of hydrogen-bond donors (Lipinski definition) is 0. The molecule has 0 nitrogen and oxygen atoms in total. The molecule has 0 amide bonds. The zero-order chi connectivity index (χ0) is 12.4. The van der Waals surface area contributed by atoms with Crippen LogP contribution in [0.2, 0.25) is 0 Å². The lowest BCUT2D eigenvalue weighted by molar-refractivity contribution is 0.587. The van der Waals surface area contributed by atoms with Crippen molar-refractivity contribution in [3.63, 3.8) is 0 Å². The molecule has 0 spiro atoms. The average Bonchev–Trinajstić information content (AvgIpc) is 2.32. The molecule has 2 aromatic carbocycles. The minimum absolute atomic E-state index is 0.147. The number of halogens is 4. The number of hydrogen-bond acceptors (Lipinski definition) is 0. The molecule has 2 aromatic rings. The molecule has 0 saturated heterocycles. The van der Waals surface area contributed by atoms with Crippen molar-refractivity contribution in [3.8, 4) is 0 Å². The Bertz CT molecular complexity index is 525. The van der Waals surface area contributed by atoms with Crippen LogP contribution in [-0.2, 0) is 0 Å². The smallest absolute Gasteiger partial charge is 0.128 e. The van der Waals surface area contributed by atoms with Gasteiger partial charge in [-0.2, -0.15) is 0 Å². The van der Waals surface area contributed by atoms with Crippen molar-refractivity contribution in [3.05, 3.63) is 69.7 Å². The van der Waals surface area contributed by atoms with Crippen molar-refractivity contribution in [2.24, 2.45) is 0 Å². The lowest BCUT2D eigenvalue weighted by atomic mass is 10.0. The Kier molecular flexibility index (Phi) is 3.79. The zero-order valence-electron chi connectivity index (χ0n) is 8.63. The Morgan fingerprint density at radius 3 is 2.29 bits per heavy atom. The summed E-state index contributed by atoms with van der Waals surface area (Å²) in [5.74, 6) is -1.00. The van der Waals surface area contributed by atoms with E-state index >= 15 is 0 Å². The normalized spacial score (nSPS) is 12.5. The topological polar surface area (TPSA) is 0 Å². The Morgan fingerprint density at radius 1 is 1.00 bits per heavy atom. The van der Waals surface area contributed by atoms with Crippen LogP contribution in [-0.4, -0.2) is 0 Å². The third-order valence-electron chi connectivity index (χ3n) is 2.39. The summed E-state index contributed by atoms with van der Waals surface area (Å²) in [5.41, 5.74) is 0.869. The first-order valence-electron chi connectivity index (χ1n) is 4.92. The molecule has 88 valence electrons. The van der Waals surface area contributed by atoms with Gasteiger partial charge in [-0.1, -0.05) is 28.1 Å². The molecule has 0 N–H and O–H groups in total. The van der Waals surface area contributed by atoms with Gasteiger partial charge in [-0.15, -0.1) is 11.6 Å². The fourth-order valence-corrected chi connectivity index (χ4v) is 2.10. The SMILES string of the molecule is Fc1ccc(F)c(C(Cl)c2ccc(Br)cc2)c1. The van der Waals surface area contributed by atoms with Crippen LogP contribution < -0.4 is 0 Å². The van der Waals surface area contributed by atoms with Crippen LogP contribution in [0.15, 0.2) is 46.9 Å². The minimum Gasteiger partial charge on any atom is -0.207 e. The highest BCUT2D eigenvalue weighted by Gasteiger charge is 2.15. The maximum atomic E-state index is 13.5. The van der Waals surface area contributed by atoms with E-state index in [2.05, 4.69) is 15.9 Å². The molecule has 1 atom stereocenters. The van der Waals surface area contributed by atoms with E-state index < -0.39 is 17.0 Å². The number of alkyl halides is 1. The van der Waals surface area contributed by atoms with Gasteiger partial charge in [0.25, 0.3) is 0 Å².